The van der Waals surface area contributed by atoms with Crippen LogP contribution in [-0.4, -0.2) is 51.1 Å². The summed E-state index contributed by atoms with van der Waals surface area (Å²) in [5.74, 6) is 2.38. The molecular weight excluding hydrogens is 416 g/mol. The number of imide groups is 1. The lowest BCUT2D eigenvalue weighted by Crippen LogP contribution is -2.48. The van der Waals surface area contributed by atoms with Gasteiger partial charge in [-0.1, -0.05) is 25.6 Å². The van der Waals surface area contributed by atoms with Crippen LogP contribution in [0.5, 0.6) is 0 Å². The second kappa shape index (κ2) is 9.76. The van der Waals surface area contributed by atoms with E-state index in [0.717, 1.165) is 24.8 Å². The Morgan fingerprint density at radius 3 is 2.55 bits per heavy atom. The lowest BCUT2D eigenvalue weighted by atomic mass is 9.92. The van der Waals surface area contributed by atoms with Gasteiger partial charge < -0.3 is 14.6 Å². The fraction of sp³-hybridized carbons (Fsp3) is 0.619. The number of anilines is 1. The van der Waals surface area contributed by atoms with E-state index in [1.165, 1.54) is 18.2 Å². The Balaban J connectivity index is 1.71. The number of urea groups is 1. The highest BCUT2D eigenvalue weighted by atomic mass is 32.2. The fourth-order valence-corrected chi connectivity index (χ4v) is 4.54. The molecule has 0 radical (unpaired) electrons. The van der Waals surface area contributed by atoms with Gasteiger partial charge in [-0.2, -0.15) is 0 Å². The van der Waals surface area contributed by atoms with Crippen LogP contribution in [0.3, 0.4) is 0 Å². The Morgan fingerprint density at radius 2 is 1.94 bits per heavy atom. The van der Waals surface area contributed by atoms with Gasteiger partial charge in [0.2, 0.25) is 11.9 Å². The molecule has 1 aliphatic heterocycles. The monoisotopic (exact) mass is 448 g/mol. The number of nitrogens with one attached hydrogen (secondary N) is 2. The van der Waals surface area contributed by atoms with Gasteiger partial charge in [0.25, 0.3) is 0 Å². The zero-order chi connectivity index (χ0) is 22.6. The third-order valence-corrected chi connectivity index (χ3v) is 5.78. The van der Waals surface area contributed by atoms with Crippen molar-refractivity contribution in [2.75, 3.05) is 23.7 Å². The van der Waals surface area contributed by atoms with Gasteiger partial charge in [-0.05, 0) is 51.2 Å². The number of carbonyl (C=O) groups is 2. The number of piperidine rings is 1. The minimum Gasteiger partial charge on any atom is -0.467 e. The topological polar surface area (TPSA) is 105 Å². The van der Waals surface area contributed by atoms with Crippen molar-refractivity contribution in [3.8, 4) is 0 Å². The number of aromatic nitrogens is 3. The Bertz CT molecular complexity index is 880. The van der Waals surface area contributed by atoms with Crippen LogP contribution in [0.4, 0.5) is 10.7 Å². The molecule has 3 amide bonds. The fourth-order valence-electron chi connectivity index (χ4n) is 3.81. The molecule has 0 saturated carbocycles. The average molecular weight is 449 g/mol. The molecule has 0 aromatic carbocycles. The van der Waals surface area contributed by atoms with Gasteiger partial charge in [0, 0.05) is 18.6 Å². The van der Waals surface area contributed by atoms with Crippen LogP contribution >= 0.6 is 11.8 Å². The van der Waals surface area contributed by atoms with Crippen LogP contribution < -0.4 is 15.5 Å². The van der Waals surface area contributed by atoms with E-state index < -0.39 is 11.6 Å². The molecule has 0 unspecified atom stereocenters. The number of rotatable bonds is 6. The van der Waals surface area contributed by atoms with Crippen LogP contribution in [0.1, 0.15) is 46.8 Å². The molecule has 170 valence electrons. The van der Waals surface area contributed by atoms with Crippen molar-refractivity contribution < 1.29 is 14.0 Å². The zero-order valence-corrected chi connectivity index (χ0v) is 19.7. The van der Waals surface area contributed by atoms with Crippen LogP contribution in [0.2, 0.25) is 0 Å². The Morgan fingerprint density at radius 1 is 1.23 bits per heavy atom. The van der Waals surface area contributed by atoms with Crippen LogP contribution in [-0.2, 0) is 11.3 Å². The van der Waals surface area contributed by atoms with E-state index in [2.05, 4.69) is 39.6 Å². The van der Waals surface area contributed by atoms with Crippen LogP contribution in [0.25, 0.3) is 0 Å². The lowest BCUT2D eigenvalue weighted by Gasteiger charge is -2.35. The van der Waals surface area contributed by atoms with Crippen molar-refractivity contribution in [1.29, 1.82) is 0 Å². The maximum absolute atomic E-state index is 12.3. The van der Waals surface area contributed by atoms with Gasteiger partial charge in [-0.3, -0.25) is 14.7 Å². The number of hydrogen-bond acceptors (Lipinski definition) is 7. The minimum absolute atomic E-state index is 0.0562. The number of hydrogen-bond donors (Lipinski definition) is 2. The third kappa shape index (κ3) is 6.75. The number of amides is 3. The maximum atomic E-state index is 12.3. The zero-order valence-electron chi connectivity index (χ0n) is 18.8. The first kappa shape index (κ1) is 23.2. The molecule has 2 aromatic heterocycles. The molecule has 2 N–H and O–H groups in total. The summed E-state index contributed by atoms with van der Waals surface area (Å²) >= 11 is 1.25. The number of nitrogens with zero attached hydrogens (tertiary/aromatic N) is 4. The van der Waals surface area contributed by atoms with Crippen molar-refractivity contribution in [1.82, 2.24) is 25.4 Å². The quantitative estimate of drug-likeness (QED) is 0.654. The summed E-state index contributed by atoms with van der Waals surface area (Å²) in [5, 5.41) is 14.5. The van der Waals surface area contributed by atoms with E-state index in [4.69, 9.17) is 4.42 Å². The average Bonchev–Trinajstić information content (AvgIpc) is 3.28. The molecule has 9 nitrogen and oxygen atoms in total. The normalized spacial score (nSPS) is 19.3. The summed E-state index contributed by atoms with van der Waals surface area (Å²) < 4.78 is 7.52. The second-order valence-electron chi connectivity index (χ2n) is 9.34. The van der Waals surface area contributed by atoms with E-state index in [1.54, 1.807) is 6.26 Å². The highest BCUT2D eigenvalue weighted by Gasteiger charge is 2.27. The molecule has 31 heavy (non-hydrogen) atoms. The molecule has 0 bridgehead atoms. The summed E-state index contributed by atoms with van der Waals surface area (Å²) in [6.45, 7) is 12.4. The molecule has 0 aliphatic carbocycles. The van der Waals surface area contributed by atoms with Crippen LogP contribution in [0.15, 0.2) is 28.0 Å². The Kier molecular flexibility index (Phi) is 7.30. The predicted octanol–water partition coefficient (Wildman–Crippen LogP) is 3.12. The third-order valence-electron chi connectivity index (χ3n) is 4.82. The van der Waals surface area contributed by atoms with E-state index >= 15 is 0 Å². The maximum Gasteiger partial charge on any atom is 0.321 e. The molecule has 3 rings (SSSR count). The first-order valence-electron chi connectivity index (χ1n) is 10.6. The van der Waals surface area contributed by atoms with Gasteiger partial charge in [0.15, 0.2) is 5.16 Å². The SMILES string of the molecule is C[C@@H]1C[C@@H](C)CN(c2nnc(SCC(=O)NC(=O)NC(C)(C)C)n2Cc2ccco2)C1. The Labute approximate surface area is 187 Å². The first-order valence-corrected chi connectivity index (χ1v) is 11.5. The largest absolute Gasteiger partial charge is 0.467 e. The van der Waals surface area contributed by atoms with E-state index in [-0.39, 0.29) is 11.7 Å². The van der Waals surface area contributed by atoms with E-state index in [0.29, 0.717) is 23.5 Å². The summed E-state index contributed by atoms with van der Waals surface area (Å²) in [6.07, 6.45) is 2.83. The number of carbonyl (C=O) groups excluding carboxylic acids is 2. The van der Waals surface area contributed by atoms with Crippen molar-refractivity contribution in [3.63, 3.8) is 0 Å². The van der Waals surface area contributed by atoms with Gasteiger partial charge in [0.1, 0.15) is 5.76 Å². The smallest absolute Gasteiger partial charge is 0.321 e. The molecule has 2 aromatic rings. The standard InChI is InChI=1S/C21H32N6O3S/c1-14-9-15(2)11-26(10-14)19-24-25-20(27(19)12-16-7-6-8-30-16)31-13-17(28)22-18(29)23-21(3,4)5/h6-8,14-15H,9-13H2,1-5H3,(H2,22,23,28,29)/t14-,15-/m1/s1. The molecule has 10 heteroatoms. The van der Waals surface area contributed by atoms with Gasteiger partial charge in [0.05, 0.1) is 18.6 Å². The first-order chi connectivity index (χ1) is 14.6. The van der Waals surface area contributed by atoms with Crippen molar-refractivity contribution in [3.05, 3.63) is 24.2 Å². The summed E-state index contributed by atoms with van der Waals surface area (Å²) in [4.78, 5) is 26.4. The highest BCUT2D eigenvalue weighted by molar-refractivity contribution is 7.99. The molecule has 1 aliphatic rings. The molecule has 1 saturated heterocycles. The van der Waals surface area contributed by atoms with E-state index in [1.807, 2.05) is 37.5 Å². The van der Waals surface area contributed by atoms with Crippen molar-refractivity contribution in [2.45, 2.75) is 58.3 Å². The molecule has 1 fully saturated rings. The second-order valence-corrected chi connectivity index (χ2v) is 10.3. The highest BCUT2D eigenvalue weighted by Crippen LogP contribution is 2.29. The molecule has 0 spiro atoms. The lowest BCUT2D eigenvalue weighted by molar-refractivity contribution is -0.117. The molecular formula is C21H32N6O3S. The van der Waals surface area contributed by atoms with Gasteiger partial charge in [-0.25, -0.2) is 4.79 Å². The number of furan rings is 1. The summed E-state index contributed by atoms with van der Waals surface area (Å²) in [5.41, 5.74) is -0.418. The van der Waals surface area contributed by atoms with Crippen molar-refractivity contribution >= 4 is 29.6 Å². The summed E-state index contributed by atoms with van der Waals surface area (Å²) in [7, 11) is 0. The van der Waals surface area contributed by atoms with E-state index in [9.17, 15) is 9.59 Å². The Hall–Kier alpha value is -2.49. The summed E-state index contributed by atoms with van der Waals surface area (Å²) in [6, 6.07) is 3.24. The minimum atomic E-state index is -0.507. The predicted molar refractivity (Wildman–Crippen MR) is 120 cm³/mol. The van der Waals surface area contributed by atoms with Gasteiger partial charge >= 0.3 is 6.03 Å². The molecule has 3 heterocycles. The van der Waals surface area contributed by atoms with Crippen molar-refractivity contribution in [2.24, 2.45) is 11.8 Å². The number of thioether (sulfide) groups is 1. The molecule has 2 atom stereocenters. The van der Waals surface area contributed by atoms with Crippen LogP contribution in [0, 0.1) is 11.8 Å². The van der Waals surface area contributed by atoms with Gasteiger partial charge in [-0.15, -0.1) is 10.2 Å².